The number of hydrogen-bond donors (Lipinski definition) is 1. The summed E-state index contributed by atoms with van der Waals surface area (Å²) in [6, 6.07) is 7.97. The molecule has 0 aliphatic carbocycles. The largest absolute Gasteiger partial charge is 0.344 e. The second-order valence-electron chi connectivity index (χ2n) is 5.45. The second-order valence-corrected chi connectivity index (χ2v) is 6.17. The van der Waals surface area contributed by atoms with Crippen LogP contribution < -0.4 is 5.32 Å². The molecule has 1 unspecified atom stereocenters. The van der Waals surface area contributed by atoms with Crippen molar-refractivity contribution in [2.24, 2.45) is 0 Å². The Hall–Kier alpha value is -2.47. The first-order valence-corrected chi connectivity index (χ1v) is 8.31. The van der Waals surface area contributed by atoms with Gasteiger partial charge >= 0.3 is 0 Å². The minimum absolute atomic E-state index is 0.137. The molecule has 2 heterocycles. The van der Waals surface area contributed by atoms with E-state index >= 15 is 0 Å². The molecule has 118 valence electrons. The van der Waals surface area contributed by atoms with E-state index in [4.69, 9.17) is 0 Å². The number of rotatable bonds is 4. The van der Waals surface area contributed by atoms with Crippen molar-refractivity contribution >= 4 is 17.2 Å². The highest BCUT2D eigenvalue weighted by molar-refractivity contribution is 7.07. The van der Waals surface area contributed by atoms with E-state index in [2.05, 4.69) is 28.4 Å². The maximum absolute atomic E-state index is 12.1. The van der Waals surface area contributed by atoms with E-state index in [0.29, 0.717) is 5.69 Å². The predicted molar refractivity (Wildman–Crippen MR) is 91.0 cm³/mol. The van der Waals surface area contributed by atoms with Crippen LogP contribution in [0, 0.1) is 13.8 Å². The molecule has 3 aromatic rings. The zero-order valence-corrected chi connectivity index (χ0v) is 14.1. The number of aryl methyl sites for hydroxylation is 1. The van der Waals surface area contributed by atoms with E-state index in [-0.39, 0.29) is 11.9 Å². The Balaban J connectivity index is 1.84. The molecule has 0 fully saturated rings. The number of nitrogens with one attached hydrogen (secondary N) is 1. The monoisotopic (exact) mass is 326 g/mol. The first-order valence-electron chi connectivity index (χ1n) is 7.37. The average molecular weight is 326 g/mol. The Morgan fingerprint density at radius 2 is 2.09 bits per heavy atom. The zero-order chi connectivity index (χ0) is 16.4. The third-order valence-corrected chi connectivity index (χ3v) is 4.46. The highest BCUT2D eigenvalue weighted by atomic mass is 32.1. The van der Waals surface area contributed by atoms with Gasteiger partial charge in [0.2, 0.25) is 0 Å². The van der Waals surface area contributed by atoms with Crippen molar-refractivity contribution < 1.29 is 4.79 Å². The summed E-state index contributed by atoms with van der Waals surface area (Å²) in [7, 11) is 0. The summed E-state index contributed by atoms with van der Waals surface area (Å²) >= 11 is 1.41. The molecule has 0 spiro atoms. The lowest BCUT2D eigenvalue weighted by Crippen LogP contribution is -2.27. The molecule has 0 bridgehead atoms. The van der Waals surface area contributed by atoms with Crippen molar-refractivity contribution in [3.05, 3.63) is 63.9 Å². The summed E-state index contributed by atoms with van der Waals surface area (Å²) in [4.78, 5) is 16.2. The summed E-state index contributed by atoms with van der Waals surface area (Å²) in [5.74, 6) is -0.165. The van der Waals surface area contributed by atoms with Crippen molar-refractivity contribution in [3.63, 3.8) is 0 Å². The van der Waals surface area contributed by atoms with E-state index in [1.54, 1.807) is 10.9 Å². The fourth-order valence-electron chi connectivity index (χ4n) is 2.56. The Morgan fingerprint density at radius 3 is 2.78 bits per heavy atom. The average Bonchev–Trinajstić information content (AvgIpc) is 3.17. The number of carbonyl (C=O) groups excluding carboxylic acids is 1. The number of benzene rings is 1. The third kappa shape index (κ3) is 3.03. The highest BCUT2D eigenvalue weighted by Gasteiger charge is 2.18. The van der Waals surface area contributed by atoms with E-state index in [9.17, 15) is 4.79 Å². The van der Waals surface area contributed by atoms with Gasteiger partial charge in [-0.25, -0.2) is 9.67 Å². The predicted octanol–water partition coefficient (Wildman–Crippen LogP) is 3.44. The number of aromatic nitrogens is 3. The first-order chi connectivity index (χ1) is 11.1. The summed E-state index contributed by atoms with van der Waals surface area (Å²) in [5.41, 5.74) is 6.33. The molecule has 1 aromatic carbocycles. The molecule has 0 radical (unpaired) electrons. The lowest BCUT2D eigenvalue weighted by molar-refractivity contribution is 0.0935. The van der Waals surface area contributed by atoms with Gasteiger partial charge in [0.05, 0.1) is 23.4 Å². The molecule has 0 saturated heterocycles. The van der Waals surface area contributed by atoms with Gasteiger partial charge in [-0.1, -0.05) is 18.2 Å². The standard InChI is InChI=1S/C17H18N4OS/c1-11-6-4-5-7-16(11)21-13(3)14(8-19-21)12(2)20-17(22)15-9-23-10-18-15/h4-10,12H,1-3H3,(H,20,22). The summed E-state index contributed by atoms with van der Waals surface area (Å²) < 4.78 is 1.91. The Kier molecular flexibility index (Phi) is 4.25. The van der Waals surface area contributed by atoms with Crippen LogP contribution in [-0.2, 0) is 0 Å². The second kappa shape index (κ2) is 6.34. The number of thiazole rings is 1. The van der Waals surface area contributed by atoms with Gasteiger partial charge in [0.15, 0.2) is 0 Å². The molecule has 5 nitrogen and oxygen atoms in total. The molecule has 0 aliphatic heterocycles. The van der Waals surface area contributed by atoms with Crippen LogP contribution in [0.4, 0.5) is 0 Å². The SMILES string of the molecule is Cc1ccccc1-n1ncc(C(C)NC(=O)c2cscn2)c1C. The number of para-hydroxylation sites is 1. The minimum Gasteiger partial charge on any atom is -0.344 e. The Morgan fingerprint density at radius 1 is 1.30 bits per heavy atom. The molecule has 6 heteroatoms. The van der Waals surface area contributed by atoms with Crippen molar-refractivity contribution in [2.75, 3.05) is 0 Å². The van der Waals surface area contributed by atoms with Gasteiger partial charge in [0, 0.05) is 16.6 Å². The molecule has 2 aromatic heterocycles. The fourth-order valence-corrected chi connectivity index (χ4v) is 3.10. The van der Waals surface area contributed by atoms with Crippen molar-refractivity contribution in [3.8, 4) is 5.69 Å². The molecule has 1 amide bonds. The van der Waals surface area contributed by atoms with Gasteiger partial charge in [0.1, 0.15) is 5.69 Å². The first kappa shape index (κ1) is 15.4. The molecular weight excluding hydrogens is 308 g/mol. The molecule has 1 atom stereocenters. The van der Waals surface area contributed by atoms with Crippen LogP contribution in [0.2, 0.25) is 0 Å². The molecule has 23 heavy (non-hydrogen) atoms. The van der Waals surface area contributed by atoms with Crippen LogP contribution in [0.15, 0.2) is 41.4 Å². The Bertz CT molecular complexity index is 823. The van der Waals surface area contributed by atoms with E-state index in [1.807, 2.05) is 42.9 Å². The van der Waals surface area contributed by atoms with Crippen molar-refractivity contribution in [2.45, 2.75) is 26.8 Å². The van der Waals surface area contributed by atoms with Crippen LogP contribution in [0.5, 0.6) is 0 Å². The third-order valence-electron chi connectivity index (χ3n) is 3.87. The van der Waals surface area contributed by atoms with Gasteiger partial charge in [-0.15, -0.1) is 11.3 Å². The summed E-state index contributed by atoms with van der Waals surface area (Å²) in [6.07, 6.45) is 1.81. The highest BCUT2D eigenvalue weighted by Crippen LogP contribution is 2.22. The van der Waals surface area contributed by atoms with Gasteiger partial charge in [-0.2, -0.15) is 5.10 Å². The van der Waals surface area contributed by atoms with Gasteiger partial charge in [-0.3, -0.25) is 4.79 Å². The smallest absolute Gasteiger partial charge is 0.271 e. The molecule has 1 N–H and O–H groups in total. The van der Waals surface area contributed by atoms with Crippen LogP contribution in [0.3, 0.4) is 0 Å². The van der Waals surface area contributed by atoms with Gasteiger partial charge in [0.25, 0.3) is 5.91 Å². The van der Waals surface area contributed by atoms with Crippen molar-refractivity contribution in [1.29, 1.82) is 0 Å². The van der Waals surface area contributed by atoms with E-state index < -0.39 is 0 Å². The number of amides is 1. The van der Waals surface area contributed by atoms with Crippen LogP contribution in [-0.4, -0.2) is 20.7 Å². The van der Waals surface area contributed by atoms with Crippen LogP contribution >= 0.6 is 11.3 Å². The lowest BCUT2D eigenvalue weighted by atomic mass is 10.1. The molecular formula is C17H18N4OS. The lowest BCUT2D eigenvalue weighted by Gasteiger charge is -2.14. The van der Waals surface area contributed by atoms with Crippen LogP contribution in [0.1, 0.15) is 40.3 Å². The van der Waals surface area contributed by atoms with Gasteiger partial charge in [-0.05, 0) is 32.4 Å². The topological polar surface area (TPSA) is 59.8 Å². The molecule has 0 aliphatic rings. The summed E-state index contributed by atoms with van der Waals surface area (Å²) in [5, 5.41) is 9.20. The van der Waals surface area contributed by atoms with E-state index in [1.165, 1.54) is 11.3 Å². The quantitative estimate of drug-likeness (QED) is 0.799. The Labute approximate surface area is 139 Å². The molecule has 3 rings (SSSR count). The van der Waals surface area contributed by atoms with Gasteiger partial charge < -0.3 is 5.32 Å². The normalized spacial score (nSPS) is 12.1. The minimum atomic E-state index is -0.165. The zero-order valence-electron chi connectivity index (χ0n) is 13.3. The number of carbonyl (C=O) groups is 1. The fraction of sp³-hybridized carbons (Fsp3) is 0.235. The maximum Gasteiger partial charge on any atom is 0.271 e. The number of hydrogen-bond acceptors (Lipinski definition) is 4. The molecule has 0 saturated carbocycles. The maximum atomic E-state index is 12.1. The summed E-state index contributed by atoms with van der Waals surface area (Å²) in [6.45, 7) is 6.03. The number of nitrogens with zero attached hydrogens (tertiary/aromatic N) is 3. The van der Waals surface area contributed by atoms with Crippen LogP contribution in [0.25, 0.3) is 5.69 Å². The van der Waals surface area contributed by atoms with Crippen molar-refractivity contribution in [1.82, 2.24) is 20.1 Å². The van der Waals surface area contributed by atoms with E-state index in [0.717, 1.165) is 22.5 Å².